The normalized spacial score (nSPS) is 18.0. The van der Waals surface area contributed by atoms with Crippen molar-refractivity contribution in [2.24, 2.45) is 4.99 Å². The molecule has 0 bridgehead atoms. The molecule has 24 heavy (non-hydrogen) atoms. The Morgan fingerprint density at radius 3 is 2.62 bits per heavy atom. The van der Waals surface area contributed by atoms with Crippen LogP contribution in [-0.4, -0.2) is 49.1 Å². The highest BCUT2D eigenvalue weighted by Crippen LogP contribution is 2.29. The summed E-state index contributed by atoms with van der Waals surface area (Å²) >= 11 is 0. The van der Waals surface area contributed by atoms with E-state index in [2.05, 4.69) is 14.8 Å². The van der Waals surface area contributed by atoms with E-state index >= 15 is 0 Å². The van der Waals surface area contributed by atoms with Crippen LogP contribution in [-0.2, 0) is 17.3 Å². The van der Waals surface area contributed by atoms with Gasteiger partial charge in [-0.2, -0.15) is 13.2 Å². The largest absolute Gasteiger partial charge is 0.477 e. The summed E-state index contributed by atoms with van der Waals surface area (Å²) < 4.78 is 43.3. The Hall–Kier alpha value is -2.18. The Morgan fingerprint density at radius 2 is 1.92 bits per heavy atom. The van der Waals surface area contributed by atoms with E-state index in [1.165, 1.54) is 12.1 Å². The number of aliphatic imine (C=N–C) groups is 1. The predicted molar refractivity (Wildman–Crippen MR) is 85.4 cm³/mol. The maximum Gasteiger partial charge on any atom is 0.416 e. The molecule has 2 aliphatic rings. The second-order valence-electron chi connectivity index (χ2n) is 5.97. The molecule has 0 unspecified atom stereocenters. The van der Waals surface area contributed by atoms with Gasteiger partial charge in [0, 0.05) is 32.6 Å². The van der Waals surface area contributed by atoms with Gasteiger partial charge in [-0.25, -0.2) is 4.99 Å². The van der Waals surface area contributed by atoms with Crippen LogP contribution in [0.5, 0.6) is 0 Å². The van der Waals surface area contributed by atoms with Crippen molar-refractivity contribution in [2.45, 2.75) is 19.0 Å². The van der Waals surface area contributed by atoms with Crippen LogP contribution in [0.15, 0.2) is 41.2 Å². The van der Waals surface area contributed by atoms with Crippen molar-refractivity contribution in [3.05, 3.63) is 47.3 Å². The fraction of sp³-hybridized carbons (Fsp3) is 0.471. The van der Waals surface area contributed by atoms with Crippen LogP contribution < -0.4 is 0 Å². The Balaban J connectivity index is 1.53. The summed E-state index contributed by atoms with van der Waals surface area (Å²) in [5, 5.41) is 0. The SMILES string of the molecule is CN1CCCN2CN=C(OCCc3ccc(C(F)(F)F)cc3)C=C12. The number of rotatable bonds is 3. The number of hydrogen-bond acceptors (Lipinski definition) is 4. The van der Waals surface area contributed by atoms with Crippen molar-refractivity contribution in [2.75, 3.05) is 33.4 Å². The van der Waals surface area contributed by atoms with Crippen LogP contribution in [0.1, 0.15) is 17.5 Å². The summed E-state index contributed by atoms with van der Waals surface area (Å²) in [7, 11) is 2.04. The minimum Gasteiger partial charge on any atom is -0.477 e. The van der Waals surface area contributed by atoms with Crippen LogP contribution in [0.2, 0.25) is 0 Å². The number of hydrogen-bond donors (Lipinski definition) is 0. The summed E-state index contributed by atoms with van der Waals surface area (Å²) in [6.45, 7) is 2.99. The van der Waals surface area contributed by atoms with Gasteiger partial charge in [-0.1, -0.05) is 12.1 Å². The zero-order valence-corrected chi connectivity index (χ0v) is 13.5. The third kappa shape index (κ3) is 3.83. The molecule has 0 atom stereocenters. The van der Waals surface area contributed by atoms with Crippen LogP contribution in [0.25, 0.3) is 0 Å². The molecule has 0 radical (unpaired) electrons. The molecule has 0 saturated carbocycles. The molecule has 0 N–H and O–H groups in total. The first-order valence-electron chi connectivity index (χ1n) is 7.94. The maximum atomic E-state index is 12.5. The van der Waals surface area contributed by atoms with Crippen LogP contribution in [0.4, 0.5) is 13.2 Å². The van der Waals surface area contributed by atoms with Gasteiger partial charge in [0.2, 0.25) is 5.90 Å². The number of ether oxygens (including phenoxy) is 1. The Morgan fingerprint density at radius 1 is 1.17 bits per heavy atom. The molecule has 7 heteroatoms. The maximum absolute atomic E-state index is 12.5. The Bertz CT molecular complexity index is 637. The van der Waals surface area contributed by atoms with Gasteiger partial charge in [-0.3, -0.25) is 0 Å². The topological polar surface area (TPSA) is 28.1 Å². The lowest BCUT2D eigenvalue weighted by molar-refractivity contribution is -0.137. The molecule has 0 aliphatic carbocycles. The van der Waals surface area contributed by atoms with Crippen LogP contribution >= 0.6 is 0 Å². The first-order chi connectivity index (χ1) is 11.4. The van der Waals surface area contributed by atoms with E-state index in [0.717, 1.165) is 43.0 Å². The van der Waals surface area contributed by atoms with Gasteiger partial charge in [-0.15, -0.1) is 0 Å². The van der Waals surface area contributed by atoms with Gasteiger partial charge in [-0.05, 0) is 24.1 Å². The lowest BCUT2D eigenvalue weighted by Gasteiger charge is -2.39. The van der Waals surface area contributed by atoms with Gasteiger partial charge in [0.25, 0.3) is 0 Å². The van der Waals surface area contributed by atoms with Crippen molar-refractivity contribution >= 4 is 5.90 Å². The molecular weight excluding hydrogens is 319 g/mol. The van der Waals surface area contributed by atoms with Crippen molar-refractivity contribution < 1.29 is 17.9 Å². The number of halogens is 3. The summed E-state index contributed by atoms with van der Waals surface area (Å²) in [5.41, 5.74) is 0.178. The van der Waals surface area contributed by atoms with Gasteiger partial charge in [0.15, 0.2) is 0 Å². The van der Waals surface area contributed by atoms with Gasteiger partial charge >= 0.3 is 6.18 Å². The zero-order valence-electron chi connectivity index (χ0n) is 13.5. The molecule has 3 rings (SSSR count). The highest BCUT2D eigenvalue weighted by atomic mass is 19.4. The van der Waals surface area contributed by atoms with E-state index in [-0.39, 0.29) is 0 Å². The number of alkyl halides is 3. The lowest BCUT2D eigenvalue weighted by Crippen LogP contribution is -2.43. The lowest BCUT2D eigenvalue weighted by atomic mass is 10.1. The van der Waals surface area contributed by atoms with Crippen molar-refractivity contribution in [1.82, 2.24) is 9.80 Å². The highest BCUT2D eigenvalue weighted by Gasteiger charge is 2.29. The van der Waals surface area contributed by atoms with Gasteiger partial charge in [0.05, 0.1) is 12.2 Å². The molecule has 1 aromatic rings. The Kier molecular flexibility index (Phi) is 4.69. The second-order valence-corrected chi connectivity index (χ2v) is 5.97. The molecule has 2 heterocycles. The third-order valence-corrected chi connectivity index (χ3v) is 4.21. The minimum absolute atomic E-state index is 0.387. The molecule has 1 saturated heterocycles. The number of nitrogens with zero attached hydrogens (tertiary/aromatic N) is 3. The molecular formula is C17H20F3N3O. The van der Waals surface area contributed by atoms with E-state index in [4.69, 9.17) is 4.74 Å². The van der Waals surface area contributed by atoms with Crippen LogP contribution in [0, 0.1) is 0 Å². The van der Waals surface area contributed by atoms with Crippen molar-refractivity contribution in [3.63, 3.8) is 0 Å². The standard InChI is InChI=1S/C17H20F3N3O/c1-22-8-2-9-23-12-21-15(11-16(22)23)24-10-7-13-3-5-14(6-4-13)17(18,19)20/h3-6,11H,2,7-10,12H2,1H3. The van der Waals surface area contributed by atoms with E-state index in [0.29, 0.717) is 25.6 Å². The number of benzene rings is 1. The molecule has 0 spiro atoms. The fourth-order valence-corrected chi connectivity index (χ4v) is 2.85. The quantitative estimate of drug-likeness (QED) is 0.847. The second kappa shape index (κ2) is 6.75. The van der Waals surface area contributed by atoms with Crippen LogP contribution in [0.3, 0.4) is 0 Å². The van der Waals surface area contributed by atoms with Crippen molar-refractivity contribution in [1.29, 1.82) is 0 Å². The minimum atomic E-state index is -4.30. The summed E-state index contributed by atoms with van der Waals surface area (Å²) in [6, 6.07) is 5.18. The smallest absolute Gasteiger partial charge is 0.416 e. The summed E-state index contributed by atoms with van der Waals surface area (Å²) in [6.07, 6.45) is -0.710. The van der Waals surface area contributed by atoms with E-state index in [1.54, 1.807) is 0 Å². The molecule has 4 nitrogen and oxygen atoms in total. The highest BCUT2D eigenvalue weighted by molar-refractivity contribution is 5.88. The summed E-state index contributed by atoms with van der Waals surface area (Å²) in [4.78, 5) is 8.77. The molecule has 1 fully saturated rings. The van der Waals surface area contributed by atoms with E-state index < -0.39 is 11.7 Å². The number of fused-ring (bicyclic) bond motifs is 1. The first kappa shape index (κ1) is 16.7. The predicted octanol–water partition coefficient (Wildman–Crippen LogP) is 3.11. The third-order valence-electron chi connectivity index (χ3n) is 4.21. The van der Waals surface area contributed by atoms with E-state index in [1.807, 2.05) is 13.1 Å². The molecule has 130 valence electrons. The van der Waals surface area contributed by atoms with Crippen molar-refractivity contribution in [3.8, 4) is 0 Å². The average molecular weight is 339 g/mol. The summed E-state index contributed by atoms with van der Waals surface area (Å²) in [5.74, 6) is 1.70. The van der Waals surface area contributed by atoms with E-state index in [9.17, 15) is 13.2 Å². The fourth-order valence-electron chi connectivity index (χ4n) is 2.85. The average Bonchev–Trinajstić information content (AvgIpc) is 2.55. The van der Waals surface area contributed by atoms with Gasteiger partial charge in [0.1, 0.15) is 12.5 Å². The zero-order chi connectivity index (χ0) is 17.2. The molecule has 2 aliphatic heterocycles. The van der Waals surface area contributed by atoms with Gasteiger partial charge < -0.3 is 14.5 Å². The monoisotopic (exact) mass is 339 g/mol. The molecule has 0 aromatic heterocycles. The molecule has 0 amide bonds. The molecule has 1 aromatic carbocycles. The Labute approximate surface area is 139 Å². The first-order valence-corrected chi connectivity index (χ1v) is 7.94.